The Balaban J connectivity index is 2.97. The third-order valence-corrected chi connectivity index (χ3v) is 1.44. The SMILES string of the molecule is CCCCNC(C)COC. The van der Waals surface area contributed by atoms with Crippen LogP contribution in [0.4, 0.5) is 0 Å². The lowest BCUT2D eigenvalue weighted by atomic mass is 10.3. The molecule has 0 bridgehead atoms. The highest BCUT2D eigenvalue weighted by Gasteiger charge is 1.96. The van der Waals surface area contributed by atoms with E-state index in [1.165, 1.54) is 12.8 Å². The summed E-state index contributed by atoms with van der Waals surface area (Å²) in [6.45, 7) is 6.26. The van der Waals surface area contributed by atoms with E-state index in [9.17, 15) is 0 Å². The Hall–Kier alpha value is -0.0800. The topological polar surface area (TPSA) is 21.3 Å². The van der Waals surface area contributed by atoms with Crippen molar-refractivity contribution in [2.24, 2.45) is 0 Å². The number of methoxy groups -OCH3 is 1. The smallest absolute Gasteiger partial charge is 0.0613 e. The lowest BCUT2D eigenvalue weighted by Gasteiger charge is -2.11. The highest BCUT2D eigenvalue weighted by atomic mass is 16.5. The van der Waals surface area contributed by atoms with Gasteiger partial charge in [0.15, 0.2) is 0 Å². The zero-order chi connectivity index (χ0) is 7.82. The summed E-state index contributed by atoms with van der Waals surface area (Å²) in [6, 6.07) is 0.497. The van der Waals surface area contributed by atoms with Gasteiger partial charge in [-0.2, -0.15) is 0 Å². The molecule has 0 rings (SSSR count). The Kier molecular flexibility index (Phi) is 6.98. The van der Waals surface area contributed by atoms with Crippen LogP contribution < -0.4 is 5.32 Å². The lowest BCUT2D eigenvalue weighted by Crippen LogP contribution is -2.30. The summed E-state index contributed by atoms with van der Waals surface area (Å²) in [6.07, 6.45) is 2.51. The largest absolute Gasteiger partial charge is 0.383 e. The van der Waals surface area contributed by atoms with E-state index in [1.54, 1.807) is 7.11 Å². The molecule has 2 nitrogen and oxygen atoms in total. The van der Waals surface area contributed by atoms with Crippen LogP contribution in [-0.2, 0) is 4.74 Å². The van der Waals surface area contributed by atoms with Crippen LogP contribution in [0.25, 0.3) is 0 Å². The molecule has 0 aliphatic heterocycles. The van der Waals surface area contributed by atoms with Gasteiger partial charge in [0.2, 0.25) is 0 Å². The van der Waals surface area contributed by atoms with Crippen molar-refractivity contribution in [3.8, 4) is 0 Å². The van der Waals surface area contributed by atoms with Crippen molar-refractivity contribution in [2.75, 3.05) is 20.3 Å². The van der Waals surface area contributed by atoms with E-state index in [0.717, 1.165) is 13.2 Å². The van der Waals surface area contributed by atoms with Crippen molar-refractivity contribution >= 4 is 0 Å². The number of hydrogen-bond acceptors (Lipinski definition) is 2. The van der Waals surface area contributed by atoms with Gasteiger partial charge >= 0.3 is 0 Å². The Morgan fingerprint density at radius 2 is 2.20 bits per heavy atom. The number of rotatable bonds is 6. The van der Waals surface area contributed by atoms with Gasteiger partial charge in [-0.1, -0.05) is 13.3 Å². The van der Waals surface area contributed by atoms with Crippen LogP contribution >= 0.6 is 0 Å². The number of unbranched alkanes of at least 4 members (excludes halogenated alkanes) is 1. The Labute approximate surface area is 64.0 Å². The molecule has 0 saturated heterocycles. The molecule has 0 radical (unpaired) electrons. The molecule has 0 fully saturated rings. The second-order valence-corrected chi connectivity index (χ2v) is 2.66. The maximum absolute atomic E-state index is 4.97. The van der Waals surface area contributed by atoms with Crippen molar-refractivity contribution in [2.45, 2.75) is 32.7 Å². The van der Waals surface area contributed by atoms with E-state index in [1.807, 2.05) is 0 Å². The predicted molar refractivity (Wildman–Crippen MR) is 44.2 cm³/mol. The van der Waals surface area contributed by atoms with Crippen LogP contribution in [0.5, 0.6) is 0 Å². The zero-order valence-corrected chi connectivity index (χ0v) is 7.31. The molecular weight excluding hydrogens is 126 g/mol. The van der Waals surface area contributed by atoms with Crippen molar-refractivity contribution in [3.05, 3.63) is 0 Å². The van der Waals surface area contributed by atoms with Crippen molar-refractivity contribution in [1.82, 2.24) is 5.32 Å². The number of ether oxygens (including phenoxy) is 1. The molecule has 0 aromatic carbocycles. The van der Waals surface area contributed by atoms with Gasteiger partial charge in [-0.3, -0.25) is 0 Å². The monoisotopic (exact) mass is 145 g/mol. The molecule has 1 N–H and O–H groups in total. The second kappa shape index (κ2) is 7.03. The molecule has 10 heavy (non-hydrogen) atoms. The van der Waals surface area contributed by atoms with Crippen LogP contribution in [0.15, 0.2) is 0 Å². The highest BCUT2D eigenvalue weighted by molar-refractivity contribution is 4.57. The molecule has 0 amide bonds. The molecule has 1 unspecified atom stereocenters. The summed E-state index contributed by atoms with van der Waals surface area (Å²) in [4.78, 5) is 0. The summed E-state index contributed by atoms with van der Waals surface area (Å²) >= 11 is 0. The molecule has 0 saturated carbocycles. The van der Waals surface area contributed by atoms with Crippen LogP contribution in [0.2, 0.25) is 0 Å². The summed E-state index contributed by atoms with van der Waals surface area (Å²) in [5.74, 6) is 0. The quantitative estimate of drug-likeness (QED) is 0.571. The van der Waals surface area contributed by atoms with Gasteiger partial charge in [0, 0.05) is 13.2 Å². The molecule has 0 aromatic heterocycles. The average molecular weight is 145 g/mol. The molecule has 62 valence electrons. The van der Waals surface area contributed by atoms with Crippen molar-refractivity contribution in [3.63, 3.8) is 0 Å². The molecule has 0 aliphatic rings. The van der Waals surface area contributed by atoms with Crippen LogP contribution in [0, 0.1) is 0 Å². The predicted octanol–water partition coefficient (Wildman–Crippen LogP) is 1.41. The Morgan fingerprint density at radius 3 is 2.70 bits per heavy atom. The third kappa shape index (κ3) is 6.05. The van der Waals surface area contributed by atoms with Gasteiger partial charge in [-0.05, 0) is 19.9 Å². The van der Waals surface area contributed by atoms with Crippen molar-refractivity contribution in [1.29, 1.82) is 0 Å². The molecule has 1 atom stereocenters. The van der Waals surface area contributed by atoms with Gasteiger partial charge < -0.3 is 10.1 Å². The van der Waals surface area contributed by atoms with E-state index >= 15 is 0 Å². The fourth-order valence-electron chi connectivity index (χ4n) is 0.834. The van der Waals surface area contributed by atoms with Gasteiger partial charge in [0.25, 0.3) is 0 Å². The van der Waals surface area contributed by atoms with Crippen LogP contribution in [-0.4, -0.2) is 26.3 Å². The summed E-state index contributed by atoms with van der Waals surface area (Å²) in [5.41, 5.74) is 0. The van der Waals surface area contributed by atoms with Gasteiger partial charge in [0.05, 0.1) is 6.61 Å². The van der Waals surface area contributed by atoms with Crippen LogP contribution in [0.1, 0.15) is 26.7 Å². The first-order valence-corrected chi connectivity index (χ1v) is 4.03. The Morgan fingerprint density at radius 1 is 1.50 bits per heavy atom. The standard InChI is InChI=1S/C8H19NO/c1-4-5-6-9-8(2)7-10-3/h8-9H,4-7H2,1-3H3. The van der Waals surface area contributed by atoms with Gasteiger partial charge in [-0.25, -0.2) is 0 Å². The average Bonchev–Trinajstić information content (AvgIpc) is 1.89. The van der Waals surface area contributed by atoms with Gasteiger partial charge in [-0.15, -0.1) is 0 Å². The first-order valence-electron chi connectivity index (χ1n) is 4.03. The van der Waals surface area contributed by atoms with E-state index < -0.39 is 0 Å². The summed E-state index contributed by atoms with van der Waals surface area (Å²) < 4.78 is 4.97. The maximum atomic E-state index is 4.97. The minimum atomic E-state index is 0.497. The minimum absolute atomic E-state index is 0.497. The fourth-order valence-corrected chi connectivity index (χ4v) is 0.834. The first kappa shape index (κ1) is 9.92. The second-order valence-electron chi connectivity index (χ2n) is 2.66. The minimum Gasteiger partial charge on any atom is -0.383 e. The molecule has 0 aliphatic carbocycles. The summed E-state index contributed by atoms with van der Waals surface area (Å²) in [7, 11) is 1.73. The van der Waals surface area contributed by atoms with Gasteiger partial charge in [0.1, 0.15) is 0 Å². The maximum Gasteiger partial charge on any atom is 0.0613 e. The molecule has 0 spiro atoms. The summed E-state index contributed by atoms with van der Waals surface area (Å²) in [5, 5.41) is 3.36. The molecular formula is C8H19NO. The van der Waals surface area contributed by atoms with Crippen LogP contribution in [0.3, 0.4) is 0 Å². The number of nitrogens with one attached hydrogen (secondary N) is 1. The fraction of sp³-hybridized carbons (Fsp3) is 1.00. The normalized spacial score (nSPS) is 13.5. The zero-order valence-electron chi connectivity index (χ0n) is 7.31. The lowest BCUT2D eigenvalue weighted by molar-refractivity contribution is 0.172. The highest BCUT2D eigenvalue weighted by Crippen LogP contribution is 1.86. The van der Waals surface area contributed by atoms with E-state index in [4.69, 9.17) is 4.74 Å². The first-order chi connectivity index (χ1) is 4.81. The Bertz CT molecular complexity index is 66.3. The van der Waals surface area contributed by atoms with Crippen molar-refractivity contribution < 1.29 is 4.74 Å². The molecule has 2 heteroatoms. The van der Waals surface area contributed by atoms with E-state index in [2.05, 4.69) is 19.2 Å². The molecule has 0 aromatic rings. The number of hydrogen-bond donors (Lipinski definition) is 1. The third-order valence-electron chi connectivity index (χ3n) is 1.44. The van der Waals surface area contributed by atoms with E-state index in [-0.39, 0.29) is 0 Å². The molecule has 0 heterocycles. The van der Waals surface area contributed by atoms with E-state index in [0.29, 0.717) is 6.04 Å².